The number of anilines is 1. The number of morpholine rings is 1. The summed E-state index contributed by atoms with van der Waals surface area (Å²) in [4.78, 5) is 6.51. The average Bonchev–Trinajstić information content (AvgIpc) is 2.53. The van der Waals surface area contributed by atoms with E-state index in [4.69, 9.17) is 15.7 Å². The molecule has 0 bridgehead atoms. The first kappa shape index (κ1) is 13.2. The van der Waals surface area contributed by atoms with Crippen molar-refractivity contribution in [2.45, 2.75) is 37.8 Å². The van der Waals surface area contributed by atoms with Crippen LogP contribution in [0.25, 0.3) is 0 Å². The number of amidine groups is 1. The van der Waals surface area contributed by atoms with Crippen molar-refractivity contribution in [3.63, 3.8) is 0 Å². The summed E-state index contributed by atoms with van der Waals surface area (Å²) in [7, 11) is 0. The van der Waals surface area contributed by atoms with Crippen LogP contribution in [0.4, 0.5) is 5.69 Å². The molecule has 0 amide bonds. The van der Waals surface area contributed by atoms with E-state index in [2.05, 4.69) is 15.0 Å². The van der Waals surface area contributed by atoms with E-state index in [1.165, 1.54) is 12.8 Å². The van der Waals surface area contributed by atoms with Crippen molar-refractivity contribution in [2.75, 3.05) is 18.1 Å². The number of hydrogen-bond acceptors (Lipinski definition) is 5. The molecule has 1 aliphatic carbocycles. The van der Waals surface area contributed by atoms with Gasteiger partial charge in [-0.2, -0.15) is 0 Å². The predicted octanol–water partition coefficient (Wildman–Crippen LogP) is 1.32. The minimum atomic E-state index is 0.126. The fourth-order valence-electron chi connectivity index (χ4n) is 3.28. The first-order chi connectivity index (χ1) is 9.81. The summed E-state index contributed by atoms with van der Waals surface area (Å²) in [5.74, 6) is 0.126. The van der Waals surface area contributed by atoms with Crippen LogP contribution in [0.3, 0.4) is 0 Å². The number of aromatic nitrogens is 1. The number of ether oxygens (including phenoxy) is 1. The summed E-state index contributed by atoms with van der Waals surface area (Å²) in [6.45, 7) is 1.53. The molecule has 6 nitrogen and oxygen atoms in total. The fourth-order valence-corrected chi connectivity index (χ4v) is 3.28. The van der Waals surface area contributed by atoms with E-state index in [0.29, 0.717) is 12.6 Å². The molecular formula is C14H20N4O2. The van der Waals surface area contributed by atoms with E-state index in [-0.39, 0.29) is 11.9 Å². The Balaban J connectivity index is 1.95. The van der Waals surface area contributed by atoms with E-state index in [1.807, 2.05) is 0 Å². The highest BCUT2D eigenvalue weighted by atomic mass is 16.5. The van der Waals surface area contributed by atoms with Crippen LogP contribution < -0.4 is 10.6 Å². The molecule has 1 aromatic heterocycles. The molecule has 0 spiro atoms. The lowest BCUT2D eigenvalue weighted by Gasteiger charge is -2.45. The van der Waals surface area contributed by atoms with Gasteiger partial charge in [0.1, 0.15) is 0 Å². The number of hydrogen-bond donors (Lipinski definition) is 2. The van der Waals surface area contributed by atoms with Gasteiger partial charge in [-0.15, -0.1) is 0 Å². The van der Waals surface area contributed by atoms with Gasteiger partial charge in [-0.1, -0.05) is 18.0 Å². The SMILES string of the molecule is N/C(=N/O)c1ccncc1N1CCOC2CCCCC21. The van der Waals surface area contributed by atoms with Crippen LogP contribution in [0.15, 0.2) is 23.6 Å². The largest absolute Gasteiger partial charge is 0.409 e. The number of nitrogens with zero attached hydrogens (tertiary/aromatic N) is 3. The number of oxime groups is 1. The third-order valence-electron chi connectivity index (χ3n) is 4.23. The Labute approximate surface area is 118 Å². The number of pyridine rings is 1. The van der Waals surface area contributed by atoms with Crippen LogP contribution >= 0.6 is 0 Å². The summed E-state index contributed by atoms with van der Waals surface area (Å²) in [6, 6.07) is 2.16. The third-order valence-corrected chi connectivity index (χ3v) is 4.23. The lowest BCUT2D eigenvalue weighted by atomic mass is 9.89. The monoisotopic (exact) mass is 276 g/mol. The molecule has 2 unspecified atom stereocenters. The molecule has 1 aromatic rings. The molecule has 0 aromatic carbocycles. The van der Waals surface area contributed by atoms with Crippen molar-refractivity contribution in [2.24, 2.45) is 10.9 Å². The van der Waals surface area contributed by atoms with E-state index < -0.39 is 0 Å². The second kappa shape index (κ2) is 5.66. The van der Waals surface area contributed by atoms with E-state index >= 15 is 0 Å². The molecular weight excluding hydrogens is 256 g/mol. The highest BCUT2D eigenvalue weighted by molar-refractivity contribution is 6.02. The quantitative estimate of drug-likeness (QED) is 0.368. The molecule has 2 fully saturated rings. The molecule has 20 heavy (non-hydrogen) atoms. The Kier molecular flexibility index (Phi) is 3.73. The van der Waals surface area contributed by atoms with Crippen LogP contribution in [0.1, 0.15) is 31.2 Å². The Hall–Kier alpha value is -1.82. The van der Waals surface area contributed by atoms with Crippen molar-refractivity contribution >= 4 is 11.5 Å². The van der Waals surface area contributed by atoms with Crippen molar-refractivity contribution in [1.82, 2.24) is 4.98 Å². The van der Waals surface area contributed by atoms with Crippen LogP contribution in [0, 0.1) is 0 Å². The van der Waals surface area contributed by atoms with Crippen molar-refractivity contribution in [3.05, 3.63) is 24.0 Å². The van der Waals surface area contributed by atoms with E-state index in [1.54, 1.807) is 18.5 Å². The molecule has 2 aliphatic rings. The maximum Gasteiger partial charge on any atom is 0.172 e. The molecule has 1 saturated heterocycles. The normalized spacial score (nSPS) is 27.2. The van der Waals surface area contributed by atoms with Crippen LogP contribution in [-0.2, 0) is 4.74 Å². The zero-order chi connectivity index (χ0) is 13.9. The molecule has 3 N–H and O–H groups in total. The summed E-state index contributed by atoms with van der Waals surface area (Å²) in [6.07, 6.45) is 8.43. The van der Waals surface area contributed by atoms with E-state index in [9.17, 15) is 0 Å². The van der Waals surface area contributed by atoms with Crippen molar-refractivity contribution in [3.8, 4) is 0 Å². The fraction of sp³-hybridized carbons (Fsp3) is 0.571. The van der Waals surface area contributed by atoms with Crippen LogP contribution in [-0.4, -0.2) is 41.3 Å². The molecule has 1 aliphatic heterocycles. The predicted molar refractivity (Wildman–Crippen MR) is 76.1 cm³/mol. The number of rotatable bonds is 2. The molecule has 2 heterocycles. The summed E-state index contributed by atoms with van der Waals surface area (Å²) in [5, 5.41) is 12.1. The third kappa shape index (κ3) is 2.31. The topological polar surface area (TPSA) is 84.0 Å². The Bertz CT molecular complexity index is 504. The Morgan fingerprint density at radius 2 is 2.30 bits per heavy atom. The smallest absolute Gasteiger partial charge is 0.172 e. The zero-order valence-electron chi connectivity index (χ0n) is 11.4. The highest BCUT2D eigenvalue weighted by Gasteiger charge is 2.35. The lowest BCUT2D eigenvalue weighted by Crippen LogP contribution is -2.53. The van der Waals surface area contributed by atoms with Gasteiger partial charge in [-0.05, 0) is 18.9 Å². The second-order valence-corrected chi connectivity index (χ2v) is 5.33. The summed E-state index contributed by atoms with van der Waals surface area (Å²) >= 11 is 0. The minimum Gasteiger partial charge on any atom is -0.409 e. The molecule has 2 atom stereocenters. The van der Waals surface area contributed by atoms with Gasteiger partial charge < -0.3 is 20.6 Å². The zero-order valence-corrected chi connectivity index (χ0v) is 11.4. The minimum absolute atomic E-state index is 0.126. The lowest BCUT2D eigenvalue weighted by molar-refractivity contribution is -0.00871. The second-order valence-electron chi connectivity index (χ2n) is 5.33. The number of nitrogens with two attached hydrogens (primary N) is 1. The van der Waals surface area contributed by atoms with Gasteiger partial charge in [0.15, 0.2) is 5.84 Å². The maximum absolute atomic E-state index is 8.94. The van der Waals surface area contributed by atoms with Gasteiger partial charge in [-0.25, -0.2) is 0 Å². The molecule has 0 radical (unpaired) electrons. The van der Waals surface area contributed by atoms with Crippen LogP contribution in [0.2, 0.25) is 0 Å². The molecule has 6 heteroatoms. The number of fused-ring (bicyclic) bond motifs is 1. The van der Waals surface area contributed by atoms with Gasteiger partial charge >= 0.3 is 0 Å². The first-order valence-electron chi connectivity index (χ1n) is 7.11. The Morgan fingerprint density at radius 1 is 1.45 bits per heavy atom. The van der Waals surface area contributed by atoms with Gasteiger partial charge in [0.2, 0.25) is 0 Å². The summed E-state index contributed by atoms with van der Waals surface area (Å²) < 4.78 is 5.89. The van der Waals surface area contributed by atoms with Crippen molar-refractivity contribution in [1.29, 1.82) is 0 Å². The molecule has 1 saturated carbocycles. The van der Waals surface area contributed by atoms with Gasteiger partial charge in [0.05, 0.1) is 30.6 Å². The van der Waals surface area contributed by atoms with Gasteiger partial charge in [0, 0.05) is 18.3 Å². The van der Waals surface area contributed by atoms with E-state index in [0.717, 1.165) is 30.6 Å². The van der Waals surface area contributed by atoms with Crippen molar-refractivity contribution < 1.29 is 9.94 Å². The van der Waals surface area contributed by atoms with Crippen LogP contribution in [0.5, 0.6) is 0 Å². The Morgan fingerprint density at radius 3 is 3.15 bits per heavy atom. The van der Waals surface area contributed by atoms with Gasteiger partial charge in [-0.3, -0.25) is 4.98 Å². The molecule has 108 valence electrons. The standard InChI is InChI=1S/C14H20N4O2/c15-14(17-19)10-5-6-16-9-12(10)18-7-8-20-13-4-2-1-3-11(13)18/h5-6,9,11,13,19H,1-4,7-8H2,(H2,15,17). The molecule has 3 rings (SSSR count). The maximum atomic E-state index is 8.94. The van der Waals surface area contributed by atoms with Gasteiger partial charge in [0.25, 0.3) is 0 Å². The highest BCUT2D eigenvalue weighted by Crippen LogP contribution is 2.33. The average molecular weight is 276 g/mol. The first-order valence-corrected chi connectivity index (χ1v) is 7.11. The summed E-state index contributed by atoms with van der Waals surface area (Å²) in [5.41, 5.74) is 7.45.